The van der Waals surface area contributed by atoms with Gasteiger partial charge in [-0.1, -0.05) is 6.07 Å². The minimum Gasteiger partial charge on any atom is -0.443 e. The lowest BCUT2D eigenvalue weighted by Crippen LogP contribution is -2.27. The molecule has 0 aliphatic carbocycles. The van der Waals surface area contributed by atoms with Crippen LogP contribution < -0.4 is 5.32 Å². The van der Waals surface area contributed by atoms with Crippen molar-refractivity contribution in [2.75, 3.05) is 5.32 Å². The minimum absolute atomic E-state index is 0.00493. The van der Waals surface area contributed by atoms with E-state index in [9.17, 15) is 9.59 Å². The van der Waals surface area contributed by atoms with Gasteiger partial charge in [0.15, 0.2) is 0 Å². The van der Waals surface area contributed by atoms with Gasteiger partial charge in [-0.15, -0.1) is 0 Å². The van der Waals surface area contributed by atoms with Crippen LogP contribution in [-0.2, 0) is 16.0 Å². The van der Waals surface area contributed by atoms with Crippen LogP contribution >= 0.6 is 0 Å². The second-order valence-corrected chi connectivity index (χ2v) is 6.34. The van der Waals surface area contributed by atoms with E-state index in [1.165, 1.54) is 4.57 Å². The number of nitrogens with one attached hydrogen (secondary N) is 1. The largest absolute Gasteiger partial charge is 0.443 e. The standard InChI is InChI=1S/C17H18N2O3/c1-17(2,3)22-16(21)19-8-4-5-14(19)11-6-7-13-12(9-11)10-15(20)18-13/h4-9H,10H2,1-3H3,(H,18,20). The molecule has 114 valence electrons. The number of carbonyl (C=O) groups is 2. The van der Waals surface area contributed by atoms with E-state index in [1.54, 1.807) is 12.3 Å². The van der Waals surface area contributed by atoms with Gasteiger partial charge in [-0.25, -0.2) is 4.79 Å². The quantitative estimate of drug-likeness (QED) is 0.877. The van der Waals surface area contributed by atoms with E-state index >= 15 is 0 Å². The van der Waals surface area contributed by atoms with Gasteiger partial charge < -0.3 is 10.1 Å². The Hall–Kier alpha value is -2.56. The van der Waals surface area contributed by atoms with E-state index in [0.717, 1.165) is 22.5 Å². The fourth-order valence-electron chi connectivity index (χ4n) is 2.48. The van der Waals surface area contributed by atoms with Crippen LogP contribution in [-0.4, -0.2) is 22.2 Å². The van der Waals surface area contributed by atoms with Crippen LogP contribution in [0.4, 0.5) is 10.5 Å². The maximum absolute atomic E-state index is 12.3. The summed E-state index contributed by atoms with van der Waals surface area (Å²) in [5.41, 5.74) is 2.86. The molecule has 0 unspecified atom stereocenters. The van der Waals surface area contributed by atoms with Crippen molar-refractivity contribution in [1.29, 1.82) is 0 Å². The Balaban J connectivity index is 1.94. The number of carbonyl (C=O) groups excluding carboxylic acids is 2. The molecule has 0 atom stereocenters. The Labute approximate surface area is 128 Å². The Bertz CT molecular complexity index is 754. The molecule has 0 fully saturated rings. The van der Waals surface area contributed by atoms with Crippen LogP contribution in [0.1, 0.15) is 26.3 Å². The van der Waals surface area contributed by atoms with Crippen molar-refractivity contribution < 1.29 is 14.3 Å². The molecule has 1 amide bonds. The van der Waals surface area contributed by atoms with Crippen LogP contribution in [0.3, 0.4) is 0 Å². The summed E-state index contributed by atoms with van der Waals surface area (Å²) in [6.07, 6.45) is 1.64. The lowest BCUT2D eigenvalue weighted by atomic mass is 10.1. The third-order valence-electron chi connectivity index (χ3n) is 3.37. The Kier molecular flexibility index (Phi) is 3.28. The highest BCUT2D eigenvalue weighted by molar-refractivity contribution is 5.99. The summed E-state index contributed by atoms with van der Waals surface area (Å²) >= 11 is 0. The van der Waals surface area contributed by atoms with Crippen molar-refractivity contribution in [3.63, 3.8) is 0 Å². The molecule has 22 heavy (non-hydrogen) atoms. The number of amides is 1. The fraction of sp³-hybridized carbons (Fsp3) is 0.294. The van der Waals surface area contributed by atoms with Crippen molar-refractivity contribution in [3.05, 3.63) is 42.1 Å². The molecule has 5 nitrogen and oxygen atoms in total. The highest BCUT2D eigenvalue weighted by Gasteiger charge is 2.22. The van der Waals surface area contributed by atoms with Crippen LogP contribution in [0.2, 0.25) is 0 Å². The molecule has 1 N–H and O–H groups in total. The normalized spacial score (nSPS) is 13.7. The maximum atomic E-state index is 12.3. The van der Waals surface area contributed by atoms with E-state index in [4.69, 9.17) is 4.74 Å². The fourth-order valence-corrected chi connectivity index (χ4v) is 2.48. The van der Waals surface area contributed by atoms with Crippen molar-refractivity contribution in [2.45, 2.75) is 32.8 Å². The Morgan fingerprint density at radius 1 is 1.27 bits per heavy atom. The van der Waals surface area contributed by atoms with Crippen molar-refractivity contribution >= 4 is 17.7 Å². The van der Waals surface area contributed by atoms with Gasteiger partial charge in [0.2, 0.25) is 5.91 Å². The van der Waals surface area contributed by atoms with Gasteiger partial charge in [0.05, 0.1) is 12.1 Å². The third kappa shape index (κ3) is 2.74. The van der Waals surface area contributed by atoms with Crippen molar-refractivity contribution in [2.24, 2.45) is 0 Å². The number of aromatic nitrogens is 1. The molecule has 0 spiro atoms. The number of fused-ring (bicyclic) bond motifs is 1. The van der Waals surface area contributed by atoms with E-state index in [0.29, 0.717) is 6.42 Å². The topological polar surface area (TPSA) is 60.3 Å². The molecule has 1 aromatic heterocycles. The number of hydrogen-bond acceptors (Lipinski definition) is 3. The molecule has 1 aromatic carbocycles. The van der Waals surface area contributed by atoms with Crippen LogP contribution in [0.25, 0.3) is 11.3 Å². The summed E-state index contributed by atoms with van der Waals surface area (Å²) in [6, 6.07) is 9.35. The van der Waals surface area contributed by atoms with Crippen LogP contribution in [0.15, 0.2) is 36.5 Å². The van der Waals surface area contributed by atoms with Gasteiger partial charge in [0, 0.05) is 11.9 Å². The molecule has 1 aliphatic rings. The molecule has 0 saturated carbocycles. The number of anilines is 1. The minimum atomic E-state index is -0.549. The summed E-state index contributed by atoms with van der Waals surface area (Å²) in [5, 5.41) is 2.80. The van der Waals surface area contributed by atoms with E-state index < -0.39 is 11.7 Å². The van der Waals surface area contributed by atoms with Gasteiger partial charge >= 0.3 is 6.09 Å². The van der Waals surface area contributed by atoms with Gasteiger partial charge in [0.25, 0.3) is 0 Å². The van der Waals surface area contributed by atoms with E-state index in [-0.39, 0.29) is 5.91 Å². The first-order valence-corrected chi connectivity index (χ1v) is 7.17. The second-order valence-electron chi connectivity index (χ2n) is 6.34. The lowest BCUT2D eigenvalue weighted by molar-refractivity contribution is -0.115. The summed E-state index contributed by atoms with van der Waals surface area (Å²) in [6.45, 7) is 5.50. The molecule has 0 radical (unpaired) electrons. The number of ether oxygens (including phenoxy) is 1. The SMILES string of the molecule is CC(C)(C)OC(=O)n1cccc1-c1ccc2c(c1)CC(=O)N2. The molecule has 5 heteroatoms. The van der Waals surface area contributed by atoms with Gasteiger partial charge in [-0.3, -0.25) is 9.36 Å². The second kappa shape index (κ2) is 5.02. The van der Waals surface area contributed by atoms with Crippen LogP contribution in [0.5, 0.6) is 0 Å². The summed E-state index contributed by atoms with van der Waals surface area (Å²) in [5.74, 6) is -0.00493. The first-order valence-electron chi connectivity index (χ1n) is 7.17. The smallest absolute Gasteiger partial charge is 0.418 e. The highest BCUT2D eigenvalue weighted by atomic mass is 16.6. The van der Waals surface area contributed by atoms with Crippen molar-refractivity contribution in [1.82, 2.24) is 4.57 Å². The molecule has 2 heterocycles. The predicted octanol–water partition coefficient (Wildman–Crippen LogP) is 3.43. The van der Waals surface area contributed by atoms with E-state index in [1.807, 2.05) is 45.0 Å². The summed E-state index contributed by atoms with van der Waals surface area (Å²) in [7, 11) is 0. The van der Waals surface area contributed by atoms with E-state index in [2.05, 4.69) is 5.32 Å². The number of nitrogens with zero attached hydrogens (tertiary/aromatic N) is 1. The number of rotatable bonds is 1. The van der Waals surface area contributed by atoms with Crippen molar-refractivity contribution in [3.8, 4) is 11.3 Å². The zero-order valence-corrected chi connectivity index (χ0v) is 12.8. The predicted molar refractivity (Wildman–Crippen MR) is 83.8 cm³/mol. The molecular weight excluding hydrogens is 280 g/mol. The maximum Gasteiger partial charge on any atom is 0.418 e. The number of benzene rings is 1. The molecule has 2 aromatic rings. The van der Waals surface area contributed by atoms with Gasteiger partial charge in [-0.05, 0) is 56.2 Å². The zero-order valence-electron chi connectivity index (χ0n) is 12.8. The highest BCUT2D eigenvalue weighted by Crippen LogP contribution is 2.29. The van der Waals surface area contributed by atoms with Gasteiger partial charge in [0.1, 0.15) is 5.60 Å². The average molecular weight is 298 g/mol. The zero-order chi connectivity index (χ0) is 15.9. The average Bonchev–Trinajstić information content (AvgIpc) is 2.99. The van der Waals surface area contributed by atoms with Gasteiger partial charge in [-0.2, -0.15) is 0 Å². The summed E-state index contributed by atoms with van der Waals surface area (Å²) in [4.78, 5) is 23.7. The monoisotopic (exact) mass is 298 g/mol. The third-order valence-corrected chi connectivity index (χ3v) is 3.37. The Morgan fingerprint density at radius 3 is 2.77 bits per heavy atom. The first-order chi connectivity index (χ1) is 10.3. The Morgan fingerprint density at radius 2 is 2.05 bits per heavy atom. The number of hydrogen-bond donors (Lipinski definition) is 1. The first kappa shape index (κ1) is 14.4. The molecule has 0 saturated heterocycles. The molecular formula is C17H18N2O3. The molecule has 3 rings (SSSR count). The molecule has 0 bridgehead atoms. The lowest BCUT2D eigenvalue weighted by Gasteiger charge is -2.20. The van der Waals surface area contributed by atoms with Crippen LogP contribution in [0, 0.1) is 0 Å². The molecule has 1 aliphatic heterocycles. The summed E-state index contributed by atoms with van der Waals surface area (Å²) < 4.78 is 6.89.